The molecule has 1 saturated heterocycles. The van der Waals surface area contributed by atoms with Crippen LogP contribution in [-0.2, 0) is 0 Å². The van der Waals surface area contributed by atoms with E-state index in [4.69, 9.17) is 0 Å². The van der Waals surface area contributed by atoms with Crippen molar-refractivity contribution in [2.45, 2.75) is 19.9 Å². The van der Waals surface area contributed by atoms with Gasteiger partial charge in [-0.2, -0.15) is 0 Å². The first-order chi connectivity index (χ1) is 8.20. The molecule has 94 valence electrons. The van der Waals surface area contributed by atoms with Crippen molar-refractivity contribution in [3.8, 4) is 0 Å². The lowest BCUT2D eigenvalue weighted by atomic mass is 10.00. The summed E-state index contributed by atoms with van der Waals surface area (Å²) < 4.78 is 0. The average molecular weight is 234 g/mol. The SMILES string of the molecule is Cc1cc(C)cc([C@@H](CO)N2CCNCC2)c1. The number of aryl methyl sites for hydroxylation is 2. The van der Waals surface area contributed by atoms with Crippen LogP contribution in [0.3, 0.4) is 0 Å². The van der Waals surface area contributed by atoms with Gasteiger partial charge in [-0.1, -0.05) is 29.3 Å². The quantitative estimate of drug-likeness (QED) is 0.826. The summed E-state index contributed by atoms with van der Waals surface area (Å²) in [6.45, 7) is 8.48. The highest BCUT2D eigenvalue weighted by Gasteiger charge is 2.21. The number of nitrogens with zero attached hydrogens (tertiary/aromatic N) is 1. The predicted molar refractivity (Wildman–Crippen MR) is 70.2 cm³/mol. The van der Waals surface area contributed by atoms with Gasteiger partial charge in [-0.15, -0.1) is 0 Å². The van der Waals surface area contributed by atoms with Gasteiger partial charge >= 0.3 is 0 Å². The molecule has 0 unspecified atom stereocenters. The molecule has 0 amide bonds. The molecule has 0 bridgehead atoms. The van der Waals surface area contributed by atoms with Gasteiger partial charge in [0, 0.05) is 26.2 Å². The van der Waals surface area contributed by atoms with Crippen molar-refractivity contribution in [2.24, 2.45) is 0 Å². The van der Waals surface area contributed by atoms with Crippen LogP contribution >= 0.6 is 0 Å². The molecule has 0 spiro atoms. The van der Waals surface area contributed by atoms with E-state index in [9.17, 15) is 5.11 Å². The van der Waals surface area contributed by atoms with E-state index >= 15 is 0 Å². The second kappa shape index (κ2) is 5.63. The first-order valence-corrected chi connectivity index (χ1v) is 6.34. The second-order valence-electron chi connectivity index (χ2n) is 4.91. The molecule has 2 N–H and O–H groups in total. The van der Waals surface area contributed by atoms with E-state index in [1.807, 2.05) is 0 Å². The molecular formula is C14H22N2O. The van der Waals surface area contributed by atoms with Gasteiger partial charge in [-0.05, 0) is 19.4 Å². The summed E-state index contributed by atoms with van der Waals surface area (Å²) in [5.74, 6) is 0. The first-order valence-electron chi connectivity index (χ1n) is 6.34. The maximum Gasteiger partial charge on any atom is 0.0628 e. The third-order valence-electron chi connectivity index (χ3n) is 3.39. The molecule has 0 radical (unpaired) electrons. The van der Waals surface area contributed by atoms with Gasteiger partial charge in [-0.3, -0.25) is 4.90 Å². The molecule has 0 aliphatic carbocycles. The molecule has 1 aromatic carbocycles. The summed E-state index contributed by atoms with van der Waals surface area (Å²) in [6.07, 6.45) is 0. The molecule has 1 atom stereocenters. The van der Waals surface area contributed by atoms with E-state index in [0.717, 1.165) is 26.2 Å². The van der Waals surface area contributed by atoms with E-state index in [2.05, 4.69) is 42.3 Å². The van der Waals surface area contributed by atoms with Crippen molar-refractivity contribution < 1.29 is 5.11 Å². The van der Waals surface area contributed by atoms with Crippen molar-refractivity contribution in [3.63, 3.8) is 0 Å². The van der Waals surface area contributed by atoms with E-state index in [0.29, 0.717) is 0 Å². The van der Waals surface area contributed by atoms with Crippen molar-refractivity contribution in [1.29, 1.82) is 0 Å². The summed E-state index contributed by atoms with van der Waals surface area (Å²) in [7, 11) is 0. The minimum atomic E-state index is 0.149. The Labute approximate surface area is 103 Å². The van der Waals surface area contributed by atoms with Crippen LogP contribution in [0.15, 0.2) is 18.2 Å². The number of piperazine rings is 1. The lowest BCUT2D eigenvalue weighted by molar-refractivity contribution is 0.111. The molecular weight excluding hydrogens is 212 g/mol. The standard InChI is InChI=1S/C14H22N2O/c1-11-7-12(2)9-13(8-11)14(10-17)16-5-3-15-4-6-16/h7-9,14-15,17H,3-6,10H2,1-2H3/t14-/m1/s1. The lowest BCUT2D eigenvalue weighted by Gasteiger charge is -2.34. The maximum absolute atomic E-state index is 9.65. The maximum atomic E-state index is 9.65. The molecule has 3 heteroatoms. The largest absolute Gasteiger partial charge is 0.394 e. The van der Waals surface area contributed by atoms with Crippen molar-refractivity contribution in [1.82, 2.24) is 10.2 Å². The van der Waals surface area contributed by atoms with Crippen LogP contribution < -0.4 is 5.32 Å². The highest BCUT2D eigenvalue weighted by atomic mass is 16.3. The van der Waals surface area contributed by atoms with Crippen molar-refractivity contribution in [2.75, 3.05) is 32.8 Å². The van der Waals surface area contributed by atoms with Crippen LogP contribution in [0.25, 0.3) is 0 Å². The fourth-order valence-electron chi connectivity index (χ4n) is 2.63. The molecule has 2 rings (SSSR count). The smallest absolute Gasteiger partial charge is 0.0628 e. The molecule has 1 heterocycles. The zero-order chi connectivity index (χ0) is 12.3. The highest BCUT2D eigenvalue weighted by molar-refractivity contribution is 5.30. The number of nitrogens with one attached hydrogen (secondary N) is 1. The van der Waals surface area contributed by atoms with E-state index < -0.39 is 0 Å². The number of benzene rings is 1. The van der Waals surface area contributed by atoms with Gasteiger partial charge in [-0.25, -0.2) is 0 Å². The second-order valence-corrected chi connectivity index (χ2v) is 4.91. The topological polar surface area (TPSA) is 35.5 Å². The number of hydrogen-bond acceptors (Lipinski definition) is 3. The minimum Gasteiger partial charge on any atom is -0.394 e. The van der Waals surface area contributed by atoms with E-state index in [1.54, 1.807) is 0 Å². The van der Waals surface area contributed by atoms with Crippen LogP contribution in [0, 0.1) is 13.8 Å². The molecule has 17 heavy (non-hydrogen) atoms. The summed E-state index contributed by atoms with van der Waals surface area (Å²) in [5.41, 5.74) is 3.79. The molecule has 3 nitrogen and oxygen atoms in total. The van der Waals surface area contributed by atoms with Crippen LogP contribution in [0.1, 0.15) is 22.7 Å². The zero-order valence-electron chi connectivity index (χ0n) is 10.7. The summed E-state index contributed by atoms with van der Waals surface area (Å²) >= 11 is 0. The van der Waals surface area contributed by atoms with Gasteiger partial charge in [0.1, 0.15) is 0 Å². The van der Waals surface area contributed by atoms with E-state index in [-0.39, 0.29) is 12.6 Å². The predicted octanol–water partition coefficient (Wildman–Crippen LogP) is 1.24. The van der Waals surface area contributed by atoms with Crippen LogP contribution in [0.2, 0.25) is 0 Å². The molecule has 1 aromatic rings. The molecule has 0 saturated carbocycles. The van der Waals surface area contributed by atoms with Gasteiger partial charge in [0.25, 0.3) is 0 Å². The van der Waals surface area contributed by atoms with Gasteiger partial charge in [0.15, 0.2) is 0 Å². The first kappa shape index (κ1) is 12.6. The normalized spacial score (nSPS) is 19.2. The van der Waals surface area contributed by atoms with E-state index in [1.165, 1.54) is 16.7 Å². The minimum absolute atomic E-state index is 0.149. The Morgan fingerprint density at radius 1 is 1.18 bits per heavy atom. The Bertz CT molecular complexity index is 352. The van der Waals surface area contributed by atoms with Crippen LogP contribution in [0.5, 0.6) is 0 Å². The van der Waals surface area contributed by atoms with Crippen molar-refractivity contribution >= 4 is 0 Å². The van der Waals surface area contributed by atoms with Crippen LogP contribution in [0.4, 0.5) is 0 Å². The molecule has 1 aliphatic rings. The van der Waals surface area contributed by atoms with Gasteiger partial charge in [0.2, 0.25) is 0 Å². The Kier molecular flexibility index (Phi) is 4.15. The number of rotatable bonds is 3. The van der Waals surface area contributed by atoms with Gasteiger partial charge in [0.05, 0.1) is 12.6 Å². The van der Waals surface area contributed by atoms with Gasteiger partial charge < -0.3 is 10.4 Å². The Balaban J connectivity index is 2.21. The number of aliphatic hydroxyl groups is 1. The van der Waals surface area contributed by atoms with Crippen LogP contribution in [-0.4, -0.2) is 42.8 Å². The fraction of sp³-hybridized carbons (Fsp3) is 0.571. The summed E-state index contributed by atoms with van der Waals surface area (Å²) in [6, 6.07) is 6.71. The average Bonchev–Trinajstić information content (AvgIpc) is 2.30. The highest BCUT2D eigenvalue weighted by Crippen LogP contribution is 2.22. The zero-order valence-corrected chi connectivity index (χ0v) is 10.7. The monoisotopic (exact) mass is 234 g/mol. The molecule has 1 aliphatic heterocycles. The molecule has 1 fully saturated rings. The Hall–Kier alpha value is -0.900. The summed E-state index contributed by atoms with van der Waals surface area (Å²) in [5, 5.41) is 13.0. The fourth-order valence-corrected chi connectivity index (χ4v) is 2.63. The third-order valence-corrected chi connectivity index (χ3v) is 3.39. The van der Waals surface area contributed by atoms with Crippen molar-refractivity contribution in [3.05, 3.63) is 34.9 Å². The Morgan fingerprint density at radius 2 is 1.76 bits per heavy atom. The third kappa shape index (κ3) is 3.06. The number of aliphatic hydroxyl groups excluding tert-OH is 1. The molecule has 0 aromatic heterocycles. The Morgan fingerprint density at radius 3 is 2.29 bits per heavy atom. The summed E-state index contributed by atoms with van der Waals surface area (Å²) in [4.78, 5) is 2.37. The number of hydrogen-bond donors (Lipinski definition) is 2. The lowest BCUT2D eigenvalue weighted by Crippen LogP contribution is -2.46.